The van der Waals surface area contributed by atoms with Gasteiger partial charge in [0.1, 0.15) is 0 Å². The highest BCUT2D eigenvalue weighted by molar-refractivity contribution is 7.91. The molecule has 1 aromatic carbocycles. The Morgan fingerprint density at radius 2 is 1.76 bits per heavy atom. The molecular weight excluding hydrogens is 356 g/mol. The molecular formula is C19H33ClN2O2S. The van der Waals surface area contributed by atoms with Gasteiger partial charge in [0.15, 0.2) is 9.84 Å². The molecule has 1 saturated heterocycles. The first-order chi connectivity index (χ1) is 10.9. The fourth-order valence-corrected chi connectivity index (χ4v) is 4.49. The quantitative estimate of drug-likeness (QED) is 0.859. The van der Waals surface area contributed by atoms with Crippen molar-refractivity contribution in [3.8, 4) is 0 Å². The molecule has 1 atom stereocenters. The molecule has 144 valence electrons. The molecule has 6 heteroatoms. The molecule has 1 aliphatic rings. The van der Waals surface area contributed by atoms with E-state index < -0.39 is 9.84 Å². The van der Waals surface area contributed by atoms with Gasteiger partial charge < -0.3 is 10.6 Å². The van der Waals surface area contributed by atoms with Crippen molar-refractivity contribution in [3.63, 3.8) is 0 Å². The summed E-state index contributed by atoms with van der Waals surface area (Å²) >= 11 is 0. The van der Waals surface area contributed by atoms with Gasteiger partial charge in [-0.05, 0) is 41.5 Å². The lowest BCUT2D eigenvalue weighted by Gasteiger charge is -2.42. The lowest BCUT2D eigenvalue weighted by molar-refractivity contribution is 0.101. The molecule has 1 aromatic rings. The predicted molar refractivity (Wildman–Crippen MR) is 107 cm³/mol. The number of nitrogens with zero attached hydrogens (tertiary/aromatic N) is 1. The van der Waals surface area contributed by atoms with Crippen LogP contribution in [0.25, 0.3) is 0 Å². The van der Waals surface area contributed by atoms with Crippen molar-refractivity contribution in [2.24, 2.45) is 11.1 Å². The molecule has 25 heavy (non-hydrogen) atoms. The van der Waals surface area contributed by atoms with E-state index in [4.69, 9.17) is 5.73 Å². The molecule has 1 fully saturated rings. The minimum atomic E-state index is -3.25. The highest BCUT2D eigenvalue weighted by Crippen LogP contribution is 2.28. The summed E-state index contributed by atoms with van der Waals surface area (Å²) in [5.41, 5.74) is 7.36. The van der Waals surface area contributed by atoms with Crippen LogP contribution in [0.2, 0.25) is 0 Å². The normalized spacial score (nSPS) is 21.6. The van der Waals surface area contributed by atoms with Crippen molar-refractivity contribution in [2.45, 2.75) is 57.4 Å². The molecule has 0 saturated carbocycles. The van der Waals surface area contributed by atoms with Gasteiger partial charge >= 0.3 is 0 Å². The average Bonchev–Trinajstić information content (AvgIpc) is 2.48. The third-order valence-corrected chi connectivity index (χ3v) is 6.86. The van der Waals surface area contributed by atoms with E-state index in [1.165, 1.54) is 0 Å². The van der Waals surface area contributed by atoms with Gasteiger partial charge in [-0.25, -0.2) is 8.42 Å². The van der Waals surface area contributed by atoms with E-state index in [0.717, 1.165) is 25.1 Å². The number of halogens is 1. The maximum atomic E-state index is 12.6. The summed E-state index contributed by atoms with van der Waals surface area (Å²) in [6, 6.07) is 7.53. The molecule has 4 nitrogen and oxygen atoms in total. The van der Waals surface area contributed by atoms with Crippen LogP contribution in [0.3, 0.4) is 0 Å². The lowest BCUT2D eigenvalue weighted by atomic mass is 9.80. The number of sulfone groups is 1. The van der Waals surface area contributed by atoms with Gasteiger partial charge in [0.2, 0.25) is 0 Å². The van der Waals surface area contributed by atoms with Crippen molar-refractivity contribution in [2.75, 3.05) is 25.4 Å². The summed E-state index contributed by atoms with van der Waals surface area (Å²) in [4.78, 5) is 2.65. The Bertz CT molecular complexity index is 664. The molecule has 2 rings (SSSR count). The second-order valence-corrected chi connectivity index (χ2v) is 10.9. The summed E-state index contributed by atoms with van der Waals surface area (Å²) < 4.78 is 25.2. The molecule has 2 N–H and O–H groups in total. The lowest BCUT2D eigenvalue weighted by Crippen LogP contribution is -2.53. The van der Waals surface area contributed by atoms with Crippen LogP contribution in [0.4, 0.5) is 0 Å². The fourth-order valence-electron chi connectivity index (χ4n) is 3.21. The first kappa shape index (κ1) is 22.4. The molecule has 1 unspecified atom stereocenters. The Morgan fingerprint density at radius 3 is 2.24 bits per heavy atom. The maximum absolute atomic E-state index is 12.6. The van der Waals surface area contributed by atoms with Crippen molar-refractivity contribution < 1.29 is 8.42 Å². The van der Waals surface area contributed by atoms with E-state index in [2.05, 4.69) is 39.5 Å². The fraction of sp³-hybridized carbons (Fsp3) is 0.684. The highest BCUT2D eigenvalue weighted by Gasteiger charge is 2.33. The van der Waals surface area contributed by atoms with Crippen molar-refractivity contribution in [1.82, 2.24) is 4.90 Å². The van der Waals surface area contributed by atoms with Crippen LogP contribution in [0.15, 0.2) is 29.2 Å². The number of likely N-dealkylation sites (tertiary alicyclic amines) is 1. The van der Waals surface area contributed by atoms with Crippen molar-refractivity contribution in [1.29, 1.82) is 0 Å². The zero-order valence-corrected chi connectivity index (χ0v) is 17.7. The number of nitrogens with two attached hydrogens (primary N) is 1. The van der Waals surface area contributed by atoms with Crippen LogP contribution in [0, 0.1) is 5.41 Å². The molecule has 0 amide bonds. The second kappa shape index (κ2) is 7.95. The van der Waals surface area contributed by atoms with Gasteiger partial charge in [0.05, 0.1) is 10.6 Å². The van der Waals surface area contributed by atoms with E-state index in [-0.39, 0.29) is 35.0 Å². The summed E-state index contributed by atoms with van der Waals surface area (Å²) in [5, 5.41) is 0. The molecule has 0 spiro atoms. The van der Waals surface area contributed by atoms with Gasteiger partial charge in [0.25, 0.3) is 0 Å². The van der Waals surface area contributed by atoms with E-state index >= 15 is 0 Å². The van der Waals surface area contributed by atoms with E-state index in [0.29, 0.717) is 11.4 Å². The summed E-state index contributed by atoms with van der Waals surface area (Å²) in [6.07, 6.45) is 0.924. The smallest absolute Gasteiger partial charge is 0.179 e. The summed E-state index contributed by atoms with van der Waals surface area (Å²) in [7, 11) is -3.25. The number of hydrogen-bond donors (Lipinski definition) is 1. The second-order valence-electron chi connectivity index (χ2n) is 8.75. The first-order valence-electron chi connectivity index (χ1n) is 8.73. The molecule has 0 aromatic heterocycles. The topological polar surface area (TPSA) is 63.4 Å². The third-order valence-electron chi connectivity index (χ3n) is 5.15. The number of hydrogen-bond acceptors (Lipinski definition) is 4. The van der Waals surface area contributed by atoms with Crippen LogP contribution < -0.4 is 5.73 Å². The van der Waals surface area contributed by atoms with Crippen LogP contribution in [-0.2, 0) is 15.3 Å². The minimum Gasteiger partial charge on any atom is -0.327 e. The van der Waals surface area contributed by atoms with Crippen LogP contribution in [-0.4, -0.2) is 44.7 Å². The Hall–Kier alpha value is -0.620. The minimum absolute atomic E-state index is 0. The Morgan fingerprint density at radius 1 is 1.20 bits per heavy atom. The van der Waals surface area contributed by atoms with Gasteiger partial charge in [-0.1, -0.05) is 46.8 Å². The van der Waals surface area contributed by atoms with Gasteiger partial charge in [-0.2, -0.15) is 0 Å². The van der Waals surface area contributed by atoms with E-state index in [1.54, 1.807) is 12.1 Å². The SMILES string of the molecule is CC(C)(C)c1ccc(S(=O)(=O)CCN2CCC(N)C(C)(C)C2)cc1.Cl. The number of rotatable bonds is 4. The predicted octanol–water partition coefficient (Wildman–Crippen LogP) is 3.24. The molecule has 0 bridgehead atoms. The van der Waals surface area contributed by atoms with E-state index in [9.17, 15) is 8.42 Å². The average molecular weight is 389 g/mol. The largest absolute Gasteiger partial charge is 0.327 e. The van der Waals surface area contributed by atoms with Crippen molar-refractivity contribution >= 4 is 22.2 Å². The van der Waals surface area contributed by atoms with Crippen LogP contribution in [0.1, 0.15) is 46.6 Å². The number of benzene rings is 1. The summed E-state index contributed by atoms with van der Waals surface area (Å²) in [6.45, 7) is 13.0. The van der Waals surface area contributed by atoms with Crippen LogP contribution in [0.5, 0.6) is 0 Å². The monoisotopic (exact) mass is 388 g/mol. The van der Waals surface area contributed by atoms with E-state index in [1.807, 2.05) is 12.1 Å². The molecule has 1 heterocycles. The number of piperidine rings is 1. The summed E-state index contributed by atoms with van der Waals surface area (Å²) in [5.74, 6) is 0.160. The zero-order chi connectivity index (χ0) is 18.2. The Labute approximate surface area is 159 Å². The first-order valence-corrected chi connectivity index (χ1v) is 10.4. The van der Waals surface area contributed by atoms with Gasteiger partial charge in [-0.3, -0.25) is 0 Å². The zero-order valence-electron chi connectivity index (χ0n) is 16.1. The standard InChI is InChI=1S/C19H32N2O2S.ClH/c1-18(2,3)15-6-8-16(9-7-15)24(22,23)13-12-21-11-10-17(20)19(4,5)14-21;/h6-9,17H,10-14,20H2,1-5H3;1H. The highest BCUT2D eigenvalue weighted by atomic mass is 35.5. The van der Waals surface area contributed by atoms with Crippen LogP contribution >= 0.6 is 12.4 Å². The Kier molecular flexibility index (Phi) is 7.13. The molecule has 1 aliphatic heterocycles. The molecule has 0 aliphatic carbocycles. The Balaban J connectivity index is 0.00000312. The van der Waals surface area contributed by atoms with Gasteiger partial charge in [0, 0.05) is 19.1 Å². The van der Waals surface area contributed by atoms with Gasteiger partial charge in [-0.15, -0.1) is 12.4 Å². The third kappa shape index (κ3) is 5.68. The van der Waals surface area contributed by atoms with Crippen molar-refractivity contribution in [3.05, 3.63) is 29.8 Å². The maximum Gasteiger partial charge on any atom is 0.179 e. The molecule has 0 radical (unpaired) electrons.